The lowest BCUT2D eigenvalue weighted by molar-refractivity contribution is -0.108. The second-order valence-electron chi connectivity index (χ2n) is 3.20. The molecule has 12 heavy (non-hydrogen) atoms. The maximum Gasteiger partial charge on any atom is 0.141 e. The first-order chi connectivity index (χ1) is 5.90. The summed E-state index contributed by atoms with van der Waals surface area (Å²) in [6, 6.07) is 0. The molecule has 0 aromatic carbocycles. The number of aldehydes is 1. The van der Waals surface area contributed by atoms with E-state index in [1.54, 1.807) is 4.68 Å². The van der Waals surface area contributed by atoms with Gasteiger partial charge in [0, 0.05) is 6.20 Å². The summed E-state index contributed by atoms with van der Waals surface area (Å²) in [5.41, 5.74) is 2.53. The molecule has 0 saturated carbocycles. The van der Waals surface area contributed by atoms with Gasteiger partial charge < -0.3 is 4.79 Å². The van der Waals surface area contributed by atoms with Crippen molar-refractivity contribution in [2.24, 2.45) is 0 Å². The van der Waals surface area contributed by atoms with Crippen molar-refractivity contribution in [3.63, 3.8) is 0 Å². The molecule has 1 heterocycles. The van der Waals surface area contributed by atoms with Gasteiger partial charge in [-0.15, -0.1) is 0 Å². The Kier molecular flexibility index (Phi) is 1.94. The lowest BCUT2D eigenvalue weighted by Gasteiger charge is -2.06. The minimum Gasteiger partial charge on any atom is -0.301 e. The number of hydrogen-bond donors (Lipinski definition) is 0. The van der Waals surface area contributed by atoms with Gasteiger partial charge in [-0.25, -0.2) is 0 Å². The summed E-state index contributed by atoms with van der Waals surface area (Å²) >= 11 is 0. The molecule has 3 nitrogen and oxygen atoms in total. The highest BCUT2D eigenvalue weighted by Crippen LogP contribution is 2.18. The first kappa shape index (κ1) is 7.53. The monoisotopic (exact) mass is 164 g/mol. The molecule has 0 unspecified atom stereocenters. The van der Waals surface area contributed by atoms with E-state index < -0.39 is 0 Å². The van der Waals surface area contributed by atoms with E-state index in [1.165, 1.54) is 24.1 Å². The van der Waals surface area contributed by atoms with Crippen molar-refractivity contribution in [3.05, 3.63) is 17.5 Å². The molecular weight excluding hydrogens is 152 g/mol. The molecule has 0 aliphatic heterocycles. The molecule has 0 amide bonds. The molecule has 0 saturated heterocycles. The van der Waals surface area contributed by atoms with Crippen molar-refractivity contribution in [2.45, 2.75) is 32.2 Å². The summed E-state index contributed by atoms with van der Waals surface area (Å²) in [6.07, 6.45) is 7.61. The van der Waals surface area contributed by atoms with E-state index in [1.807, 2.05) is 6.20 Å². The van der Waals surface area contributed by atoms with Crippen LogP contribution in [0.5, 0.6) is 0 Å². The van der Waals surface area contributed by atoms with Gasteiger partial charge in [-0.2, -0.15) is 5.10 Å². The van der Waals surface area contributed by atoms with E-state index in [0.29, 0.717) is 6.54 Å². The molecule has 1 aliphatic rings. The fourth-order valence-corrected chi connectivity index (χ4v) is 1.70. The molecule has 64 valence electrons. The van der Waals surface area contributed by atoms with Crippen molar-refractivity contribution in [1.29, 1.82) is 0 Å². The van der Waals surface area contributed by atoms with E-state index in [-0.39, 0.29) is 0 Å². The zero-order valence-corrected chi connectivity index (χ0v) is 6.99. The lowest BCUT2D eigenvalue weighted by atomic mass is 9.99. The van der Waals surface area contributed by atoms with Gasteiger partial charge in [-0.1, -0.05) is 0 Å². The van der Waals surface area contributed by atoms with Crippen LogP contribution in [-0.2, 0) is 24.2 Å². The Balaban J connectivity index is 2.25. The molecule has 0 N–H and O–H groups in total. The molecule has 0 atom stereocenters. The Morgan fingerprint density at radius 1 is 1.50 bits per heavy atom. The highest BCUT2D eigenvalue weighted by Gasteiger charge is 2.12. The van der Waals surface area contributed by atoms with Crippen LogP contribution in [0.4, 0.5) is 0 Å². The SMILES string of the molecule is O=CCn1cc2c(n1)CCCC2. The number of hydrogen-bond acceptors (Lipinski definition) is 2. The van der Waals surface area contributed by atoms with E-state index in [2.05, 4.69) is 5.10 Å². The quantitative estimate of drug-likeness (QED) is 0.610. The third-order valence-electron chi connectivity index (χ3n) is 2.30. The molecule has 1 aromatic heterocycles. The number of aryl methyl sites for hydroxylation is 2. The van der Waals surface area contributed by atoms with Crippen LogP contribution < -0.4 is 0 Å². The van der Waals surface area contributed by atoms with Crippen LogP contribution in [0.3, 0.4) is 0 Å². The van der Waals surface area contributed by atoms with Gasteiger partial charge in [0.15, 0.2) is 0 Å². The molecule has 0 spiro atoms. The molecule has 1 aromatic rings. The van der Waals surface area contributed by atoms with Crippen LogP contribution in [0.15, 0.2) is 6.20 Å². The largest absolute Gasteiger partial charge is 0.301 e. The minimum atomic E-state index is 0.396. The third kappa shape index (κ3) is 1.26. The summed E-state index contributed by atoms with van der Waals surface area (Å²) in [5, 5.41) is 4.33. The second kappa shape index (κ2) is 3.09. The van der Waals surface area contributed by atoms with Gasteiger partial charge in [0.1, 0.15) is 6.29 Å². The van der Waals surface area contributed by atoms with Crippen LogP contribution in [0.25, 0.3) is 0 Å². The van der Waals surface area contributed by atoms with Gasteiger partial charge in [-0.3, -0.25) is 4.68 Å². The molecule has 1 aliphatic carbocycles. The molecule has 2 rings (SSSR count). The molecule has 3 heteroatoms. The smallest absolute Gasteiger partial charge is 0.141 e. The summed E-state index contributed by atoms with van der Waals surface area (Å²) in [5.74, 6) is 0. The lowest BCUT2D eigenvalue weighted by Crippen LogP contribution is -2.01. The van der Waals surface area contributed by atoms with Gasteiger partial charge in [0.25, 0.3) is 0 Å². The summed E-state index contributed by atoms with van der Waals surface area (Å²) in [4.78, 5) is 10.2. The Morgan fingerprint density at radius 3 is 3.08 bits per heavy atom. The highest BCUT2D eigenvalue weighted by molar-refractivity contribution is 5.49. The Labute approximate surface area is 71.4 Å². The van der Waals surface area contributed by atoms with Crippen molar-refractivity contribution >= 4 is 6.29 Å². The highest BCUT2D eigenvalue weighted by atomic mass is 16.1. The van der Waals surface area contributed by atoms with Gasteiger partial charge in [0.05, 0.1) is 12.2 Å². The van der Waals surface area contributed by atoms with Crippen molar-refractivity contribution in [3.8, 4) is 0 Å². The van der Waals surface area contributed by atoms with Crippen LogP contribution >= 0.6 is 0 Å². The Bertz CT molecular complexity index is 267. The van der Waals surface area contributed by atoms with E-state index in [0.717, 1.165) is 19.1 Å². The Hall–Kier alpha value is -1.12. The fraction of sp³-hybridized carbons (Fsp3) is 0.556. The van der Waals surface area contributed by atoms with Crippen LogP contribution in [0.1, 0.15) is 24.1 Å². The molecule has 0 bridgehead atoms. The number of rotatable bonds is 2. The van der Waals surface area contributed by atoms with Gasteiger partial charge >= 0.3 is 0 Å². The first-order valence-corrected chi connectivity index (χ1v) is 4.39. The van der Waals surface area contributed by atoms with Crippen LogP contribution in [-0.4, -0.2) is 16.1 Å². The summed E-state index contributed by atoms with van der Waals surface area (Å²) < 4.78 is 1.74. The summed E-state index contributed by atoms with van der Waals surface area (Å²) in [7, 11) is 0. The van der Waals surface area contributed by atoms with Gasteiger partial charge in [0.2, 0.25) is 0 Å². The first-order valence-electron chi connectivity index (χ1n) is 4.39. The second-order valence-corrected chi connectivity index (χ2v) is 3.20. The maximum atomic E-state index is 10.2. The molecule has 0 fully saturated rings. The number of fused-ring (bicyclic) bond motifs is 1. The number of carbonyl (C=O) groups is 1. The standard InChI is InChI=1S/C9H12N2O/c12-6-5-11-7-8-3-1-2-4-9(8)10-11/h6-7H,1-5H2. The average molecular weight is 164 g/mol. The van der Waals surface area contributed by atoms with E-state index >= 15 is 0 Å². The van der Waals surface area contributed by atoms with Crippen molar-refractivity contribution < 1.29 is 4.79 Å². The third-order valence-corrected chi connectivity index (χ3v) is 2.30. The molecular formula is C9H12N2O. The number of aromatic nitrogens is 2. The van der Waals surface area contributed by atoms with Crippen molar-refractivity contribution in [2.75, 3.05) is 0 Å². The van der Waals surface area contributed by atoms with Crippen LogP contribution in [0, 0.1) is 0 Å². The topological polar surface area (TPSA) is 34.9 Å². The predicted molar refractivity (Wildman–Crippen MR) is 44.9 cm³/mol. The Morgan fingerprint density at radius 2 is 2.33 bits per heavy atom. The van der Waals surface area contributed by atoms with E-state index in [4.69, 9.17) is 0 Å². The van der Waals surface area contributed by atoms with Crippen LogP contribution in [0.2, 0.25) is 0 Å². The normalized spacial score (nSPS) is 15.7. The fourth-order valence-electron chi connectivity index (χ4n) is 1.70. The van der Waals surface area contributed by atoms with Crippen molar-refractivity contribution in [1.82, 2.24) is 9.78 Å². The summed E-state index contributed by atoms with van der Waals surface area (Å²) in [6.45, 7) is 0.396. The number of nitrogens with zero attached hydrogens (tertiary/aromatic N) is 2. The average Bonchev–Trinajstić information content (AvgIpc) is 2.47. The van der Waals surface area contributed by atoms with Gasteiger partial charge in [-0.05, 0) is 31.2 Å². The zero-order valence-electron chi connectivity index (χ0n) is 6.99. The molecule has 0 radical (unpaired) electrons. The predicted octanol–water partition coefficient (Wildman–Crippen LogP) is 0.961. The minimum absolute atomic E-state index is 0.396. The van der Waals surface area contributed by atoms with E-state index in [9.17, 15) is 4.79 Å². The zero-order chi connectivity index (χ0) is 8.39. The maximum absolute atomic E-state index is 10.2. The number of carbonyl (C=O) groups excluding carboxylic acids is 1.